The first-order chi connectivity index (χ1) is 14.8. The maximum atomic E-state index is 13.6. The van der Waals surface area contributed by atoms with Crippen molar-refractivity contribution < 1.29 is 84.2 Å². The lowest BCUT2D eigenvalue weighted by Gasteiger charge is -2.42. The van der Waals surface area contributed by atoms with Gasteiger partial charge in [-0.3, -0.25) is 4.79 Å². The molecule has 196 valence electrons. The quantitative estimate of drug-likeness (QED) is 0.253. The molecular weight excluding hydrogens is 535 g/mol. The van der Waals surface area contributed by atoms with Crippen LogP contribution in [-0.2, 0) is 0 Å². The van der Waals surface area contributed by atoms with E-state index in [1.54, 1.807) is 0 Å². The summed E-state index contributed by atoms with van der Waals surface area (Å²) in [5, 5.41) is 0. The Morgan fingerprint density at radius 1 is 0.500 bits per heavy atom. The minimum Gasteiger partial charge on any atom is -0.428 e. The van der Waals surface area contributed by atoms with Crippen molar-refractivity contribution in [2.75, 3.05) is 0 Å². The van der Waals surface area contributed by atoms with Gasteiger partial charge in [0.15, 0.2) is 0 Å². The van der Waals surface area contributed by atoms with Gasteiger partial charge in [-0.05, 0) is 24.3 Å². The second kappa shape index (κ2) is 8.03. The largest absolute Gasteiger partial charge is 0.471 e. The number of aldehydes is 1. The van der Waals surface area contributed by atoms with E-state index in [2.05, 4.69) is 4.74 Å². The molecule has 1 rings (SSSR count). The normalized spacial score (nSPS) is 15.3. The van der Waals surface area contributed by atoms with Crippen molar-refractivity contribution in [3.63, 3.8) is 0 Å². The molecule has 0 spiro atoms. The standard InChI is InChI=1S/C15H5F17O2/c16-8(17,10(20,21)12(24,25)14(28,29)30)9(18,19)11(22,23)13(26,27)15(31,32)34-7-3-1-6(5-33)2-4-7/h1-5H. The van der Waals surface area contributed by atoms with Crippen LogP contribution in [0.4, 0.5) is 74.6 Å². The molecule has 0 unspecified atom stereocenters. The molecule has 19 heteroatoms. The highest BCUT2D eigenvalue weighted by atomic mass is 19.4. The minimum atomic E-state index is -8.70. The maximum absolute atomic E-state index is 13.6. The summed E-state index contributed by atoms with van der Waals surface area (Å²) < 4.78 is 225. The maximum Gasteiger partial charge on any atom is 0.471 e. The van der Waals surface area contributed by atoms with Crippen LogP contribution >= 0.6 is 0 Å². The average molecular weight is 540 g/mol. The Morgan fingerprint density at radius 3 is 1.15 bits per heavy atom. The van der Waals surface area contributed by atoms with Gasteiger partial charge in [-0.1, -0.05) is 0 Å². The zero-order valence-corrected chi connectivity index (χ0v) is 15.1. The smallest absolute Gasteiger partial charge is 0.428 e. The second-order valence-electron chi connectivity index (χ2n) is 6.25. The van der Waals surface area contributed by atoms with E-state index < -0.39 is 53.6 Å². The van der Waals surface area contributed by atoms with E-state index in [0.29, 0.717) is 12.1 Å². The molecule has 0 atom stereocenters. The molecule has 0 aromatic heterocycles. The van der Waals surface area contributed by atoms with Gasteiger partial charge in [0.1, 0.15) is 12.0 Å². The SMILES string of the molecule is O=Cc1ccc(OC(F)(F)C(F)(F)C(F)(F)C(F)(F)C(F)(F)C(F)(F)C(F)(F)C(F)(F)F)cc1. The third kappa shape index (κ3) is 3.99. The summed E-state index contributed by atoms with van der Waals surface area (Å²) in [5.41, 5.74) is -0.383. The van der Waals surface area contributed by atoms with E-state index in [4.69, 9.17) is 0 Å². The summed E-state index contributed by atoms with van der Waals surface area (Å²) in [6.45, 7) is 0. The van der Waals surface area contributed by atoms with E-state index in [9.17, 15) is 79.4 Å². The average Bonchev–Trinajstić information content (AvgIpc) is 2.66. The van der Waals surface area contributed by atoms with Crippen molar-refractivity contribution in [2.24, 2.45) is 0 Å². The number of carbonyl (C=O) groups is 1. The van der Waals surface area contributed by atoms with Crippen molar-refractivity contribution >= 4 is 6.29 Å². The van der Waals surface area contributed by atoms with Crippen molar-refractivity contribution in [3.05, 3.63) is 29.8 Å². The number of halogens is 17. The van der Waals surface area contributed by atoms with Gasteiger partial charge >= 0.3 is 47.8 Å². The molecule has 0 saturated heterocycles. The van der Waals surface area contributed by atoms with Crippen molar-refractivity contribution in [1.29, 1.82) is 0 Å². The molecule has 0 bridgehead atoms. The molecule has 34 heavy (non-hydrogen) atoms. The molecule has 0 fully saturated rings. The van der Waals surface area contributed by atoms with Crippen molar-refractivity contribution in [1.82, 2.24) is 0 Å². The fraction of sp³-hybridized carbons (Fsp3) is 0.533. The molecule has 1 aromatic carbocycles. The van der Waals surface area contributed by atoms with Crippen LogP contribution in [0.1, 0.15) is 10.4 Å². The van der Waals surface area contributed by atoms with Gasteiger partial charge in [0, 0.05) is 5.56 Å². The number of alkyl halides is 17. The van der Waals surface area contributed by atoms with Crippen molar-refractivity contribution in [3.8, 4) is 5.75 Å². The highest BCUT2D eigenvalue weighted by molar-refractivity contribution is 5.74. The molecule has 2 nitrogen and oxygen atoms in total. The van der Waals surface area contributed by atoms with Crippen LogP contribution in [0.2, 0.25) is 0 Å². The van der Waals surface area contributed by atoms with Crippen LogP contribution in [0.5, 0.6) is 5.75 Å². The van der Waals surface area contributed by atoms with Gasteiger partial charge in [0.25, 0.3) is 0 Å². The van der Waals surface area contributed by atoms with Crippen LogP contribution in [-0.4, -0.2) is 54.1 Å². The molecule has 0 aliphatic heterocycles. The lowest BCUT2D eigenvalue weighted by molar-refractivity contribution is -0.471. The lowest BCUT2D eigenvalue weighted by atomic mass is 9.90. The third-order valence-electron chi connectivity index (χ3n) is 3.96. The molecule has 0 amide bonds. The predicted octanol–water partition coefficient (Wildman–Crippen LogP) is 6.84. The minimum absolute atomic E-state index is 0.0181. The van der Waals surface area contributed by atoms with E-state index in [1.165, 1.54) is 0 Å². The van der Waals surface area contributed by atoms with E-state index in [0.717, 1.165) is 0 Å². The summed E-state index contributed by atoms with van der Waals surface area (Å²) in [5.74, 6) is -52.2. The third-order valence-corrected chi connectivity index (χ3v) is 3.96. The van der Waals surface area contributed by atoms with Crippen LogP contribution in [0, 0.1) is 0 Å². The number of hydrogen-bond donors (Lipinski definition) is 0. The zero-order chi connectivity index (χ0) is 27.4. The van der Waals surface area contributed by atoms with Crippen molar-refractivity contribution in [2.45, 2.75) is 47.8 Å². The van der Waals surface area contributed by atoms with Gasteiger partial charge in [-0.25, -0.2) is 0 Å². The Morgan fingerprint density at radius 2 is 0.824 bits per heavy atom. The summed E-state index contributed by atoms with van der Waals surface area (Å²) in [4.78, 5) is 10.4. The van der Waals surface area contributed by atoms with Gasteiger partial charge in [0.2, 0.25) is 0 Å². The molecule has 0 saturated carbocycles. The van der Waals surface area contributed by atoms with Crippen LogP contribution in [0.25, 0.3) is 0 Å². The number of hydrogen-bond acceptors (Lipinski definition) is 2. The molecule has 0 aliphatic rings. The van der Waals surface area contributed by atoms with E-state index in [-0.39, 0.29) is 24.0 Å². The first-order valence-corrected chi connectivity index (χ1v) is 7.72. The molecular formula is C15H5F17O2. The fourth-order valence-electron chi connectivity index (χ4n) is 1.98. The Kier molecular flexibility index (Phi) is 6.97. The van der Waals surface area contributed by atoms with Gasteiger partial charge in [0.05, 0.1) is 0 Å². The Labute approximate surface area is 175 Å². The Bertz CT molecular complexity index is 885. The summed E-state index contributed by atoms with van der Waals surface area (Å²) >= 11 is 0. The Balaban J connectivity index is 3.56. The van der Waals surface area contributed by atoms with Crippen LogP contribution in [0.3, 0.4) is 0 Å². The molecule has 1 aromatic rings. The van der Waals surface area contributed by atoms with E-state index >= 15 is 0 Å². The zero-order valence-electron chi connectivity index (χ0n) is 15.1. The topological polar surface area (TPSA) is 26.3 Å². The first kappa shape index (κ1) is 29.5. The lowest BCUT2D eigenvalue weighted by Crippen LogP contribution is -2.74. The first-order valence-electron chi connectivity index (χ1n) is 7.72. The molecule has 0 N–H and O–H groups in total. The van der Waals surface area contributed by atoms with E-state index in [1.807, 2.05) is 0 Å². The highest BCUT2D eigenvalue weighted by Crippen LogP contribution is 2.63. The second-order valence-corrected chi connectivity index (χ2v) is 6.25. The fourth-order valence-corrected chi connectivity index (χ4v) is 1.98. The summed E-state index contributed by atoms with van der Waals surface area (Å²) in [6.07, 6.45) is -14.8. The highest BCUT2D eigenvalue weighted by Gasteiger charge is 2.95. The molecule has 0 radical (unpaired) electrons. The number of rotatable bonds is 9. The van der Waals surface area contributed by atoms with Gasteiger partial charge in [-0.15, -0.1) is 0 Å². The molecule has 0 heterocycles. The number of carbonyl (C=O) groups excluding carboxylic acids is 1. The van der Waals surface area contributed by atoms with Gasteiger partial charge < -0.3 is 4.74 Å². The monoisotopic (exact) mass is 540 g/mol. The predicted molar refractivity (Wildman–Crippen MR) is 73.1 cm³/mol. The van der Waals surface area contributed by atoms with Gasteiger partial charge in [-0.2, -0.15) is 74.6 Å². The summed E-state index contributed by atoms with van der Waals surface area (Å²) in [6, 6.07) is 1.32. The number of ether oxygens (including phenoxy) is 1. The van der Waals surface area contributed by atoms with Crippen LogP contribution < -0.4 is 4.74 Å². The van der Waals surface area contributed by atoms with Crippen LogP contribution in [0.15, 0.2) is 24.3 Å². The summed E-state index contributed by atoms with van der Waals surface area (Å²) in [7, 11) is 0. The number of benzene rings is 1. The molecule has 0 aliphatic carbocycles. The Hall–Kier alpha value is -2.50.